The van der Waals surface area contributed by atoms with Crippen molar-refractivity contribution in [2.75, 3.05) is 5.75 Å². The van der Waals surface area contributed by atoms with Crippen molar-refractivity contribution in [3.05, 3.63) is 18.2 Å². The summed E-state index contributed by atoms with van der Waals surface area (Å²) >= 11 is 1.74. The highest BCUT2D eigenvalue weighted by atomic mass is 32.2. The first-order valence-corrected chi connectivity index (χ1v) is 6.76. The Hall–Kier alpha value is -1.01. The molecule has 0 spiro atoms. The molecule has 0 radical (unpaired) electrons. The number of nitrogens with zero attached hydrogens (tertiary/aromatic N) is 2. The van der Waals surface area contributed by atoms with Gasteiger partial charge in [-0.1, -0.05) is 0 Å². The molecule has 0 saturated carbocycles. The minimum Gasteiger partial charge on any atom is -0.480 e. The number of imidazole rings is 1. The van der Waals surface area contributed by atoms with Gasteiger partial charge in [0.2, 0.25) is 0 Å². The van der Waals surface area contributed by atoms with Crippen LogP contribution in [0.5, 0.6) is 0 Å². The lowest BCUT2D eigenvalue weighted by atomic mass is 10.2. The van der Waals surface area contributed by atoms with Crippen molar-refractivity contribution in [2.45, 2.75) is 37.7 Å². The van der Waals surface area contributed by atoms with Crippen LogP contribution in [0.25, 0.3) is 0 Å². The van der Waals surface area contributed by atoms with Crippen LogP contribution in [0.3, 0.4) is 0 Å². The van der Waals surface area contributed by atoms with E-state index < -0.39 is 12.0 Å². The summed E-state index contributed by atoms with van der Waals surface area (Å²) in [4.78, 5) is 15.1. The van der Waals surface area contributed by atoms with E-state index in [2.05, 4.69) is 28.7 Å². The van der Waals surface area contributed by atoms with Crippen molar-refractivity contribution in [2.24, 2.45) is 0 Å². The van der Waals surface area contributed by atoms with E-state index in [-0.39, 0.29) is 5.37 Å². The number of hydrogen-bond donors (Lipinski definition) is 2. The Kier molecular flexibility index (Phi) is 3.73. The van der Waals surface area contributed by atoms with Gasteiger partial charge >= 0.3 is 5.97 Å². The Morgan fingerprint density at radius 2 is 2.47 bits per heavy atom. The standard InChI is InChI=1S/C11H17N3O2S/c1-7(2)14-6-12-5-9(14)10-13-8(11(15)16)3-4-17-10/h5-8,10,13H,3-4H2,1-2H3,(H,15,16). The van der Waals surface area contributed by atoms with Crippen molar-refractivity contribution >= 4 is 17.7 Å². The Morgan fingerprint density at radius 3 is 3.12 bits per heavy atom. The SMILES string of the molecule is CC(C)n1cncc1C1NC(C(=O)O)CCS1. The number of carbonyl (C=O) groups is 1. The van der Waals surface area contributed by atoms with Crippen LogP contribution in [0.1, 0.15) is 37.4 Å². The van der Waals surface area contributed by atoms with E-state index >= 15 is 0 Å². The molecule has 2 atom stereocenters. The van der Waals surface area contributed by atoms with Crippen molar-refractivity contribution in [3.8, 4) is 0 Å². The Labute approximate surface area is 105 Å². The molecule has 1 aliphatic heterocycles. The fourth-order valence-electron chi connectivity index (χ4n) is 1.93. The Morgan fingerprint density at radius 1 is 1.71 bits per heavy atom. The van der Waals surface area contributed by atoms with Crippen LogP contribution in [-0.4, -0.2) is 32.4 Å². The third-order valence-corrected chi connectivity index (χ3v) is 4.04. The normalized spacial score (nSPS) is 25.1. The van der Waals surface area contributed by atoms with E-state index in [0.717, 1.165) is 11.4 Å². The second-order valence-corrected chi connectivity index (χ2v) is 5.63. The van der Waals surface area contributed by atoms with Gasteiger partial charge in [0.1, 0.15) is 6.04 Å². The summed E-state index contributed by atoms with van der Waals surface area (Å²) in [6, 6.07) is -0.114. The summed E-state index contributed by atoms with van der Waals surface area (Å²) in [6.07, 6.45) is 4.29. The minimum absolute atomic E-state index is 0.0229. The first kappa shape index (κ1) is 12.4. The summed E-state index contributed by atoms with van der Waals surface area (Å²) in [6.45, 7) is 4.18. The quantitative estimate of drug-likeness (QED) is 0.859. The van der Waals surface area contributed by atoms with Gasteiger partial charge in [0, 0.05) is 6.04 Å². The molecular formula is C11H17N3O2S. The lowest BCUT2D eigenvalue weighted by molar-refractivity contribution is -0.139. The first-order valence-electron chi connectivity index (χ1n) is 5.71. The lowest BCUT2D eigenvalue weighted by Crippen LogP contribution is -2.42. The molecule has 17 heavy (non-hydrogen) atoms. The van der Waals surface area contributed by atoms with E-state index in [9.17, 15) is 4.79 Å². The number of hydrogen-bond acceptors (Lipinski definition) is 4. The van der Waals surface area contributed by atoms with Gasteiger partial charge in [-0.05, 0) is 26.0 Å². The smallest absolute Gasteiger partial charge is 0.320 e. The third kappa shape index (κ3) is 2.63. The zero-order chi connectivity index (χ0) is 12.4. The number of carboxylic acid groups (broad SMARTS) is 1. The van der Waals surface area contributed by atoms with Crippen LogP contribution in [0, 0.1) is 0 Å². The van der Waals surface area contributed by atoms with Crippen molar-refractivity contribution in [3.63, 3.8) is 0 Å². The first-order chi connectivity index (χ1) is 8.09. The molecule has 0 bridgehead atoms. The van der Waals surface area contributed by atoms with Gasteiger partial charge in [-0.2, -0.15) is 0 Å². The maximum absolute atomic E-state index is 11.0. The molecule has 0 aromatic carbocycles. The van der Waals surface area contributed by atoms with Crippen molar-refractivity contribution in [1.29, 1.82) is 0 Å². The average Bonchev–Trinajstić information content (AvgIpc) is 2.78. The molecular weight excluding hydrogens is 238 g/mol. The number of aliphatic carboxylic acids is 1. The number of carboxylic acids is 1. The fraction of sp³-hybridized carbons (Fsp3) is 0.636. The predicted molar refractivity (Wildman–Crippen MR) is 67.0 cm³/mol. The molecule has 1 aromatic heterocycles. The zero-order valence-electron chi connectivity index (χ0n) is 9.96. The van der Waals surface area contributed by atoms with E-state index in [1.807, 2.05) is 6.20 Å². The lowest BCUT2D eigenvalue weighted by Gasteiger charge is -2.29. The summed E-state index contributed by atoms with van der Waals surface area (Å²) in [7, 11) is 0. The summed E-state index contributed by atoms with van der Waals surface area (Å²) in [5.74, 6) is 0.0867. The highest BCUT2D eigenvalue weighted by Gasteiger charge is 2.29. The largest absolute Gasteiger partial charge is 0.480 e. The molecule has 2 N–H and O–H groups in total. The topological polar surface area (TPSA) is 67.2 Å². The molecule has 1 aliphatic rings. The number of rotatable bonds is 3. The molecule has 0 amide bonds. The highest BCUT2D eigenvalue weighted by molar-refractivity contribution is 7.99. The summed E-state index contributed by atoms with van der Waals surface area (Å²) in [5.41, 5.74) is 1.05. The molecule has 2 heterocycles. The number of aromatic nitrogens is 2. The molecule has 0 aliphatic carbocycles. The maximum Gasteiger partial charge on any atom is 0.320 e. The minimum atomic E-state index is -0.772. The Balaban J connectivity index is 2.16. The highest BCUT2D eigenvalue weighted by Crippen LogP contribution is 2.32. The number of thioether (sulfide) groups is 1. The molecule has 2 unspecified atom stereocenters. The molecule has 2 rings (SSSR count). The second kappa shape index (κ2) is 5.10. The molecule has 1 fully saturated rings. The van der Waals surface area contributed by atoms with E-state index in [4.69, 9.17) is 5.11 Å². The van der Waals surface area contributed by atoms with Crippen LogP contribution in [0.15, 0.2) is 12.5 Å². The van der Waals surface area contributed by atoms with Crippen LogP contribution >= 0.6 is 11.8 Å². The van der Waals surface area contributed by atoms with Gasteiger partial charge in [-0.25, -0.2) is 4.98 Å². The van der Waals surface area contributed by atoms with Gasteiger partial charge in [-0.3, -0.25) is 10.1 Å². The molecule has 1 saturated heterocycles. The van der Waals surface area contributed by atoms with Gasteiger partial charge in [0.15, 0.2) is 0 Å². The Bertz CT molecular complexity index is 405. The van der Waals surface area contributed by atoms with Gasteiger partial charge in [-0.15, -0.1) is 11.8 Å². The van der Waals surface area contributed by atoms with Crippen LogP contribution in [0.4, 0.5) is 0 Å². The summed E-state index contributed by atoms with van der Waals surface area (Å²) in [5, 5.41) is 12.2. The fourth-order valence-corrected chi connectivity index (χ4v) is 3.15. The van der Waals surface area contributed by atoms with E-state index in [1.165, 1.54) is 0 Å². The van der Waals surface area contributed by atoms with Gasteiger partial charge < -0.3 is 9.67 Å². The predicted octanol–water partition coefficient (Wildman–Crippen LogP) is 1.64. The maximum atomic E-state index is 11.0. The van der Waals surface area contributed by atoms with Gasteiger partial charge in [0.05, 0.1) is 23.6 Å². The second-order valence-electron chi connectivity index (χ2n) is 4.42. The average molecular weight is 255 g/mol. The summed E-state index contributed by atoms with van der Waals surface area (Å²) < 4.78 is 2.08. The molecule has 94 valence electrons. The van der Waals surface area contributed by atoms with Crippen LogP contribution in [-0.2, 0) is 4.79 Å². The van der Waals surface area contributed by atoms with Crippen LogP contribution in [0.2, 0.25) is 0 Å². The molecule has 5 nitrogen and oxygen atoms in total. The van der Waals surface area contributed by atoms with Crippen LogP contribution < -0.4 is 5.32 Å². The number of nitrogens with one attached hydrogen (secondary N) is 1. The van der Waals surface area contributed by atoms with E-state index in [0.29, 0.717) is 12.5 Å². The monoisotopic (exact) mass is 255 g/mol. The molecule has 6 heteroatoms. The van der Waals surface area contributed by atoms with E-state index in [1.54, 1.807) is 18.1 Å². The van der Waals surface area contributed by atoms with Crippen molar-refractivity contribution < 1.29 is 9.90 Å². The van der Waals surface area contributed by atoms with Gasteiger partial charge in [0.25, 0.3) is 0 Å². The third-order valence-electron chi connectivity index (χ3n) is 2.86. The zero-order valence-corrected chi connectivity index (χ0v) is 10.8. The molecule has 1 aromatic rings. The van der Waals surface area contributed by atoms with Crippen molar-refractivity contribution in [1.82, 2.24) is 14.9 Å².